The molecule has 25 heavy (non-hydrogen) atoms. The second kappa shape index (κ2) is 8.26. The summed E-state index contributed by atoms with van der Waals surface area (Å²) in [6.07, 6.45) is 13.2. The van der Waals surface area contributed by atoms with Gasteiger partial charge >= 0.3 is 0 Å². The maximum absolute atomic E-state index is 5.42. The molecule has 5 heteroatoms. The van der Waals surface area contributed by atoms with Crippen molar-refractivity contribution in [2.75, 3.05) is 19.6 Å². The van der Waals surface area contributed by atoms with Gasteiger partial charge in [0.05, 0.1) is 6.26 Å². The summed E-state index contributed by atoms with van der Waals surface area (Å²) in [5.74, 6) is 2.03. The van der Waals surface area contributed by atoms with Crippen molar-refractivity contribution in [1.82, 2.24) is 15.5 Å². The molecule has 0 aromatic carbocycles. The van der Waals surface area contributed by atoms with E-state index in [1.807, 2.05) is 12.1 Å². The molecule has 4 rings (SSSR count). The number of furan rings is 1. The molecule has 1 saturated heterocycles. The number of rotatable bonds is 6. The van der Waals surface area contributed by atoms with Gasteiger partial charge in [-0.05, 0) is 50.7 Å². The molecule has 1 aromatic heterocycles. The lowest BCUT2D eigenvalue weighted by atomic mass is 10.1. The summed E-state index contributed by atoms with van der Waals surface area (Å²) in [6.45, 7) is 3.26. The summed E-state index contributed by atoms with van der Waals surface area (Å²) in [5, 5.41) is 7.41. The van der Waals surface area contributed by atoms with Crippen LogP contribution in [0, 0.1) is 0 Å². The highest BCUT2D eigenvalue weighted by molar-refractivity contribution is 5.80. The van der Waals surface area contributed by atoms with Crippen molar-refractivity contribution in [1.29, 1.82) is 0 Å². The van der Waals surface area contributed by atoms with Crippen LogP contribution in [0.15, 0.2) is 27.8 Å². The number of hydrogen-bond acceptors (Lipinski definition) is 3. The molecule has 3 aliphatic rings. The fraction of sp³-hybridized carbons (Fsp3) is 0.750. The van der Waals surface area contributed by atoms with Gasteiger partial charge in [0.1, 0.15) is 5.76 Å². The summed E-state index contributed by atoms with van der Waals surface area (Å²) in [5.41, 5.74) is 0. The van der Waals surface area contributed by atoms with Crippen LogP contribution in [0.1, 0.15) is 57.1 Å². The third-order valence-corrected chi connectivity index (χ3v) is 5.84. The molecule has 2 saturated carbocycles. The normalized spacial score (nSPS) is 23.9. The molecule has 1 aromatic rings. The lowest BCUT2D eigenvalue weighted by Crippen LogP contribution is -2.50. The van der Waals surface area contributed by atoms with Crippen molar-refractivity contribution in [3.63, 3.8) is 0 Å². The third kappa shape index (κ3) is 5.00. The first kappa shape index (κ1) is 17.0. The Morgan fingerprint density at radius 3 is 2.40 bits per heavy atom. The maximum Gasteiger partial charge on any atom is 0.191 e. The molecule has 0 radical (unpaired) electrons. The molecule has 138 valence electrons. The first-order valence-corrected chi connectivity index (χ1v) is 10.2. The average Bonchev–Trinajstić information content (AvgIpc) is 3.11. The van der Waals surface area contributed by atoms with E-state index in [9.17, 15) is 0 Å². The number of nitrogens with one attached hydrogen (secondary N) is 2. The molecular formula is C20H32N4O. The highest BCUT2D eigenvalue weighted by atomic mass is 16.3. The van der Waals surface area contributed by atoms with Crippen molar-refractivity contribution in [2.45, 2.75) is 75.9 Å². The van der Waals surface area contributed by atoms with Crippen LogP contribution in [0.2, 0.25) is 0 Å². The number of piperidine rings is 1. The van der Waals surface area contributed by atoms with E-state index in [2.05, 4.69) is 15.5 Å². The second-order valence-electron chi connectivity index (χ2n) is 7.87. The van der Waals surface area contributed by atoms with Crippen molar-refractivity contribution in [2.24, 2.45) is 4.99 Å². The Bertz CT molecular complexity index is 538. The third-order valence-electron chi connectivity index (χ3n) is 5.84. The minimum absolute atomic E-state index is 0.561. The van der Waals surface area contributed by atoms with Crippen molar-refractivity contribution in [3.8, 4) is 0 Å². The van der Waals surface area contributed by atoms with Crippen molar-refractivity contribution >= 4 is 5.96 Å². The van der Waals surface area contributed by atoms with E-state index in [-0.39, 0.29) is 0 Å². The van der Waals surface area contributed by atoms with Crippen LogP contribution in [-0.2, 0) is 6.42 Å². The average molecular weight is 345 g/mol. The minimum Gasteiger partial charge on any atom is -0.469 e. The van der Waals surface area contributed by atoms with Crippen LogP contribution >= 0.6 is 0 Å². The van der Waals surface area contributed by atoms with Crippen LogP contribution in [0.3, 0.4) is 0 Å². The molecule has 2 N–H and O–H groups in total. The minimum atomic E-state index is 0.561. The standard InChI is InChI=1S/C20H32N4O/c1-2-5-16(4-1)22-20(21-12-9-19-6-3-15-25-19)23-17-10-13-24(14-11-17)18-7-8-18/h3,6,15-18H,1-2,4-5,7-14H2,(H2,21,22,23). The van der Waals surface area contributed by atoms with E-state index in [0.717, 1.165) is 30.7 Å². The molecule has 0 unspecified atom stereocenters. The highest BCUT2D eigenvalue weighted by Gasteiger charge is 2.32. The van der Waals surface area contributed by atoms with Gasteiger partial charge in [0.2, 0.25) is 0 Å². The van der Waals surface area contributed by atoms with E-state index < -0.39 is 0 Å². The lowest BCUT2D eigenvalue weighted by Gasteiger charge is -2.33. The number of nitrogens with zero attached hydrogens (tertiary/aromatic N) is 2. The molecule has 2 heterocycles. The van der Waals surface area contributed by atoms with Crippen molar-refractivity contribution in [3.05, 3.63) is 24.2 Å². The molecule has 3 fully saturated rings. The zero-order valence-corrected chi connectivity index (χ0v) is 15.3. The van der Waals surface area contributed by atoms with E-state index in [4.69, 9.17) is 9.41 Å². The Morgan fingerprint density at radius 1 is 1.04 bits per heavy atom. The van der Waals surface area contributed by atoms with Gasteiger partial charge in [0.15, 0.2) is 5.96 Å². The summed E-state index contributed by atoms with van der Waals surface area (Å²) < 4.78 is 5.42. The fourth-order valence-electron chi connectivity index (χ4n) is 4.17. The number of aliphatic imine (C=N–C) groups is 1. The van der Waals surface area contributed by atoms with Gasteiger partial charge in [0, 0.05) is 44.2 Å². The monoisotopic (exact) mass is 344 g/mol. The molecule has 2 aliphatic carbocycles. The fourth-order valence-corrected chi connectivity index (χ4v) is 4.17. The molecule has 0 bridgehead atoms. The van der Waals surface area contributed by atoms with Crippen LogP contribution in [-0.4, -0.2) is 48.6 Å². The van der Waals surface area contributed by atoms with Crippen LogP contribution in [0.5, 0.6) is 0 Å². The first-order chi connectivity index (χ1) is 12.4. The molecule has 0 spiro atoms. The molecule has 5 nitrogen and oxygen atoms in total. The molecule has 1 aliphatic heterocycles. The number of hydrogen-bond donors (Lipinski definition) is 2. The molecule has 0 atom stereocenters. The highest BCUT2D eigenvalue weighted by Crippen LogP contribution is 2.29. The number of likely N-dealkylation sites (tertiary alicyclic amines) is 1. The SMILES string of the molecule is c1coc(CCN=C(NC2CCCC2)NC2CCN(C3CC3)CC2)c1. The van der Waals surface area contributed by atoms with Crippen LogP contribution in [0.25, 0.3) is 0 Å². The zero-order chi connectivity index (χ0) is 16.9. The van der Waals surface area contributed by atoms with Gasteiger partial charge in [0.25, 0.3) is 0 Å². The van der Waals surface area contributed by atoms with Gasteiger partial charge < -0.3 is 20.0 Å². The zero-order valence-electron chi connectivity index (χ0n) is 15.3. The predicted molar refractivity (Wildman–Crippen MR) is 101 cm³/mol. The largest absolute Gasteiger partial charge is 0.469 e. The summed E-state index contributed by atoms with van der Waals surface area (Å²) in [7, 11) is 0. The van der Waals surface area contributed by atoms with Gasteiger partial charge in [-0.1, -0.05) is 12.8 Å². The summed E-state index contributed by atoms with van der Waals surface area (Å²) >= 11 is 0. The van der Waals surface area contributed by atoms with E-state index in [1.54, 1.807) is 6.26 Å². The summed E-state index contributed by atoms with van der Waals surface area (Å²) in [6, 6.07) is 6.04. The molecule has 0 amide bonds. The van der Waals surface area contributed by atoms with E-state index in [1.165, 1.54) is 64.5 Å². The van der Waals surface area contributed by atoms with Gasteiger partial charge in [-0.2, -0.15) is 0 Å². The quantitative estimate of drug-likeness (QED) is 0.615. The second-order valence-corrected chi connectivity index (χ2v) is 7.87. The Balaban J connectivity index is 1.29. The lowest BCUT2D eigenvalue weighted by molar-refractivity contribution is 0.197. The topological polar surface area (TPSA) is 52.8 Å². The first-order valence-electron chi connectivity index (χ1n) is 10.2. The van der Waals surface area contributed by atoms with E-state index in [0.29, 0.717) is 12.1 Å². The predicted octanol–water partition coefficient (Wildman–Crippen LogP) is 2.93. The summed E-state index contributed by atoms with van der Waals surface area (Å²) in [4.78, 5) is 7.52. The smallest absolute Gasteiger partial charge is 0.191 e. The van der Waals surface area contributed by atoms with Gasteiger partial charge in [-0.15, -0.1) is 0 Å². The molecular weight excluding hydrogens is 312 g/mol. The van der Waals surface area contributed by atoms with Crippen molar-refractivity contribution < 1.29 is 4.42 Å². The Kier molecular flexibility index (Phi) is 5.60. The van der Waals surface area contributed by atoms with Gasteiger partial charge in [-0.25, -0.2) is 0 Å². The Labute approximate surface area is 151 Å². The van der Waals surface area contributed by atoms with E-state index >= 15 is 0 Å². The van der Waals surface area contributed by atoms with Crippen LogP contribution in [0.4, 0.5) is 0 Å². The van der Waals surface area contributed by atoms with Crippen LogP contribution < -0.4 is 10.6 Å². The Morgan fingerprint density at radius 2 is 1.76 bits per heavy atom. The van der Waals surface area contributed by atoms with Gasteiger partial charge in [-0.3, -0.25) is 4.99 Å². The maximum atomic E-state index is 5.42. The Hall–Kier alpha value is -1.49. The number of guanidine groups is 1.